The number of ether oxygens (including phenoxy) is 3. The Morgan fingerprint density at radius 2 is 1.60 bits per heavy atom. The third-order valence-corrected chi connectivity index (χ3v) is 4.64. The molecular weight excluding hydrogens is 380 g/mol. The van der Waals surface area contributed by atoms with E-state index in [2.05, 4.69) is 27.7 Å². The largest absolute Gasteiger partial charge is 0.493 e. The smallest absolute Gasteiger partial charge is 0.240 e. The maximum absolute atomic E-state index is 13.1. The SMILES string of the molecule is CCOC(CN(CCC(C)C)C(=O)[C@@H](N)Cc1ccc(OCC(C)C)cc1)OCC. The molecule has 2 N–H and O–H groups in total. The summed E-state index contributed by atoms with van der Waals surface area (Å²) in [4.78, 5) is 14.9. The predicted molar refractivity (Wildman–Crippen MR) is 122 cm³/mol. The van der Waals surface area contributed by atoms with E-state index in [4.69, 9.17) is 19.9 Å². The van der Waals surface area contributed by atoms with Crippen molar-refractivity contribution in [2.45, 2.75) is 66.7 Å². The Hall–Kier alpha value is -1.63. The molecule has 1 rings (SSSR count). The van der Waals surface area contributed by atoms with Gasteiger partial charge in [0.1, 0.15) is 5.75 Å². The second-order valence-corrected chi connectivity index (χ2v) is 8.47. The van der Waals surface area contributed by atoms with Crippen LogP contribution in [0.15, 0.2) is 24.3 Å². The maximum Gasteiger partial charge on any atom is 0.240 e. The topological polar surface area (TPSA) is 74.0 Å². The van der Waals surface area contributed by atoms with Crippen LogP contribution in [0.5, 0.6) is 5.75 Å². The number of hydrogen-bond acceptors (Lipinski definition) is 5. The Bertz CT molecular complexity index is 583. The van der Waals surface area contributed by atoms with Gasteiger partial charge in [-0.15, -0.1) is 0 Å². The van der Waals surface area contributed by atoms with E-state index in [1.807, 2.05) is 38.1 Å². The van der Waals surface area contributed by atoms with Crippen LogP contribution in [0.4, 0.5) is 0 Å². The van der Waals surface area contributed by atoms with Gasteiger partial charge in [-0.1, -0.05) is 39.8 Å². The number of amides is 1. The van der Waals surface area contributed by atoms with E-state index in [9.17, 15) is 4.79 Å². The van der Waals surface area contributed by atoms with Gasteiger partial charge in [-0.25, -0.2) is 0 Å². The van der Waals surface area contributed by atoms with Crippen LogP contribution < -0.4 is 10.5 Å². The second-order valence-electron chi connectivity index (χ2n) is 8.47. The molecule has 1 atom stereocenters. The molecule has 0 aliphatic heterocycles. The Labute approximate surface area is 183 Å². The van der Waals surface area contributed by atoms with Crippen molar-refractivity contribution in [3.63, 3.8) is 0 Å². The van der Waals surface area contributed by atoms with Gasteiger partial charge in [-0.05, 0) is 56.2 Å². The van der Waals surface area contributed by atoms with Crippen molar-refractivity contribution in [2.24, 2.45) is 17.6 Å². The number of carbonyl (C=O) groups is 1. The summed E-state index contributed by atoms with van der Waals surface area (Å²) in [6.45, 7) is 15.2. The molecule has 6 heteroatoms. The van der Waals surface area contributed by atoms with Crippen LogP contribution in [0.2, 0.25) is 0 Å². The van der Waals surface area contributed by atoms with Crippen molar-refractivity contribution in [3.05, 3.63) is 29.8 Å². The lowest BCUT2D eigenvalue weighted by atomic mass is 10.0. The van der Waals surface area contributed by atoms with Crippen molar-refractivity contribution >= 4 is 5.91 Å². The van der Waals surface area contributed by atoms with Crippen molar-refractivity contribution in [3.8, 4) is 5.75 Å². The monoisotopic (exact) mass is 422 g/mol. The lowest BCUT2D eigenvalue weighted by Gasteiger charge is -2.30. The minimum absolute atomic E-state index is 0.0693. The van der Waals surface area contributed by atoms with E-state index in [1.54, 1.807) is 4.90 Å². The van der Waals surface area contributed by atoms with E-state index < -0.39 is 12.3 Å². The lowest BCUT2D eigenvalue weighted by Crippen LogP contribution is -2.49. The van der Waals surface area contributed by atoms with Gasteiger partial charge in [0.2, 0.25) is 5.91 Å². The van der Waals surface area contributed by atoms with Gasteiger partial charge >= 0.3 is 0 Å². The molecule has 0 saturated carbocycles. The third-order valence-electron chi connectivity index (χ3n) is 4.64. The average molecular weight is 423 g/mol. The maximum atomic E-state index is 13.1. The quantitative estimate of drug-likeness (QED) is 0.434. The fraction of sp³-hybridized carbons (Fsp3) is 0.708. The molecule has 0 radical (unpaired) electrons. The van der Waals surface area contributed by atoms with Gasteiger partial charge in [-0.3, -0.25) is 4.79 Å². The Kier molecular flexibility index (Phi) is 12.7. The molecule has 0 bridgehead atoms. The molecule has 0 fully saturated rings. The first-order valence-corrected chi connectivity index (χ1v) is 11.3. The molecule has 0 aromatic heterocycles. The summed E-state index contributed by atoms with van der Waals surface area (Å²) >= 11 is 0. The van der Waals surface area contributed by atoms with Crippen LogP contribution in [0.3, 0.4) is 0 Å². The first kappa shape index (κ1) is 26.4. The third kappa shape index (κ3) is 10.4. The van der Waals surface area contributed by atoms with Crippen LogP contribution in [0.25, 0.3) is 0 Å². The number of rotatable bonds is 15. The summed E-state index contributed by atoms with van der Waals surface area (Å²) in [5, 5.41) is 0. The van der Waals surface area contributed by atoms with Gasteiger partial charge in [0.25, 0.3) is 0 Å². The summed E-state index contributed by atoms with van der Waals surface area (Å²) in [5.41, 5.74) is 7.33. The minimum atomic E-state index is -0.608. The first-order chi connectivity index (χ1) is 14.3. The highest BCUT2D eigenvalue weighted by Crippen LogP contribution is 2.15. The summed E-state index contributed by atoms with van der Waals surface area (Å²) in [6.07, 6.45) is 0.960. The zero-order valence-electron chi connectivity index (χ0n) is 19.7. The number of nitrogens with two attached hydrogens (primary N) is 1. The van der Waals surface area contributed by atoms with Crippen LogP contribution in [0.1, 0.15) is 53.5 Å². The minimum Gasteiger partial charge on any atom is -0.493 e. The van der Waals surface area contributed by atoms with Crippen LogP contribution >= 0.6 is 0 Å². The molecule has 0 saturated heterocycles. The molecule has 172 valence electrons. The fourth-order valence-electron chi connectivity index (χ4n) is 2.97. The van der Waals surface area contributed by atoms with Crippen LogP contribution in [-0.2, 0) is 20.7 Å². The molecule has 1 amide bonds. The molecule has 0 unspecified atom stereocenters. The van der Waals surface area contributed by atoms with E-state index in [0.717, 1.165) is 17.7 Å². The highest BCUT2D eigenvalue weighted by atomic mass is 16.7. The van der Waals surface area contributed by atoms with Gasteiger partial charge in [0.05, 0.1) is 19.2 Å². The van der Waals surface area contributed by atoms with E-state index in [1.165, 1.54) is 0 Å². The summed E-state index contributed by atoms with van der Waals surface area (Å²) < 4.78 is 17.0. The van der Waals surface area contributed by atoms with E-state index in [-0.39, 0.29) is 5.91 Å². The van der Waals surface area contributed by atoms with Gasteiger partial charge in [-0.2, -0.15) is 0 Å². The first-order valence-electron chi connectivity index (χ1n) is 11.3. The van der Waals surface area contributed by atoms with Crippen molar-refractivity contribution in [1.29, 1.82) is 0 Å². The van der Waals surface area contributed by atoms with Crippen molar-refractivity contribution in [1.82, 2.24) is 4.90 Å². The highest BCUT2D eigenvalue weighted by Gasteiger charge is 2.25. The molecule has 1 aromatic carbocycles. The molecule has 6 nitrogen and oxygen atoms in total. The Morgan fingerprint density at radius 3 is 2.10 bits per heavy atom. The molecule has 1 aromatic rings. The van der Waals surface area contributed by atoms with Gasteiger partial charge < -0.3 is 24.8 Å². The molecule has 0 spiro atoms. The summed E-state index contributed by atoms with van der Waals surface area (Å²) in [7, 11) is 0. The van der Waals surface area contributed by atoms with Crippen molar-refractivity contribution < 1.29 is 19.0 Å². The van der Waals surface area contributed by atoms with E-state index >= 15 is 0 Å². The van der Waals surface area contributed by atoms with Crippen LogP contribution in [-0.4, -0.2) is 56.0 Å². The second kappa shape index (κ2) is 14.4. The summed E-state index contributed by atoms with van der Waals surface area (Å²) in [5.74, 6) is 1.74. The van der Waals surface area contributed by atoms with E-state index in [0.29, 0.717) is 51.2 Å². The zero-order chi connectivity index (χ0) is 22.5. The number of carbonyl (C=O) groups excluding carboxylic acids is 1. The molecular formula is C24H42N2O4. The zero-order valence-corrected chi connectivity index (χ0v) is 19.7. The molecule has 0 aliphatic carbocycles. The Morgan fingerprint density at radius 1 is 1.00 bits per heavy atom. The highest BCUT2D eigenvalue weighted by molar-refractivity contribution is 5.82. The summed E-state index contributed by atoms with van der Waals surface area (Å²) in [6, 6.07) is 7.22. The standard InChI is InChI=1S/C24H42N2O4/c1-7-28-23(29-8-2)16-26(14-13-18(3)4)24(27)22(25)15-20-9-11-21(12-10-20)30-17-19(5)6/h9-12,18-19,22-23H,7-8,13-17,25H2,1-6H3/t22-/m0/s1. The van der Waals surface area contributed by atoms with Gasteiger partial charge in [0, 0.05) is 19.8 Å². The molecule has 0 aliphatic rings. The lowest BCUT2D eigenvalue weighted by molar-refractivity contribution is -0.159. The van der Waals surface area contributed by atoms with Crippen molar-refractivity contribution in [2.75, 3.05) is 32.9 Å². The number of nitrogens with zero attached hydrogens (tertiary/aromatic N) is 1. The Balaban J connectivity index is 2.75. The number of benzene rings is 1. The van der Waals surface area contributed by atoms with Crippen LogP contribution in [0, 0.1) is 11.8 Å². The molecule has 30 heavy (non-hydrogen) atoms. The van der Waals surface area contributed by atoms with Gasteiger partial charge in [0.15, 0.2) is 6.29 Å². The number of hydrogen-bond donors (Lipinski definition) is 1. The normalized spacial score (nSPS) is 12.6. The average Bonchev–Trinajstić information content (AvgIpc) is 2.70. The molecule has 0 heterocycles. The fourth-order valence-corrected chi connectivity index (χ4v) is 2.97. The predicted octanol–water partition coefficient (Wildman–Crippen LogP) is 3.87.